The van der Waals surface area contributed by atoms with E-state index in [9.17, 15) is 0 Å². The van der Waals surface area contributed by atoms with Crippen LogP contribution in [0.5, 0.6) is 0 Å². The third-order valence-electron chi connectivity index (χ3n) is 2.06. The molecule has 0 bridgehead atoms. The van der Waals surface area contributed by atoms with Gasteiger partial charge in [-0.2, -0.15) is 10.2 Å². The molecule has 0 N–H and O–H groups in total. The number of hydrogen-bond donors (Lipinski definition) is 0. The van der Waals surface area contributed by atoms with E-state index in [0.717, 1.165) is 5.82 Å². The predicted octanol–water partition coefficient (Wildman–Crippen LogP) is 2.81. The molecule has 86 valence electrons. The topological polar surface area (TPSA) is 43.6 Å². The van der Waals surface area contributed by atoms with Gasteiger partial charge in [-0.3, -0.25) is 0 Å². The first-order valence-corrected chi connectivity index (χ1v) is 5.60. The van der Waals surface area contributed by atoms with E-state index in [1.807, 2.05) is 26.0 Å². The molecule has 0 atom stereocenters. The van der Waals surface area contributed by atoms with E-state index in [2.05, 4.69) is 29.0 Å². The molecule has 0 aliphatic carbocycles. The molecule has 0 amide bonds. The highest BCUT2D eigenvalue weighted by Crippen LogP contribution is 2.14. The zero-order valence-electron chi connectivity index (χ0n) is 10.3. The number of aromatic nitrogens is 4. The number of pyridine rings is 1. The minimum absolute atomic E-state index is 0.493. The molecule has 2 rings (SSSR count). The molecule has 0 fully saturated rings. The smallest absolute Gasteiger partial charge is 0.174 e. The summed E-state index contributed by atoms with van der Waals surface area (Å²) in [6.07, 6.45) is 5.07. The lowest BCUT2D eigenvalue weighted by molar-refractivity contribution is 0.724. The zero-order chi connectivity index (χ0) is 12.0. The Morgan fingerprint density at radius 2 is 1.69 bits per heavy atom. The summed E-state index contributed by atoms with van der Waals surface area (Å²) < 4.78 is 0. The monoisotopic (exact) mass is 218 g/mol. The lowest BCUT2D eigenvalue weighted by Crippen LogP contribution is -2.02. The Morgan fingerprint density at radius 3 is 2.25 bits per heavy atom. The van der Waals surface area contributed by atoms with E-state index < -0.39 is 0 Å². The zero-order valence-corrected chi connectivity index (χ0v) is 10.3. The minimum atomic E-state index is 0.493. The summed E-state index contributed by atoms with van der Waals surface area (Å²) in [4.78, 5) is 5.72. The largest absolute Gasteiger partial charge is 0.236 e. The SMILES string of the molecule is CC.CC(C)c1ccnc(-n2nccn2)c1. The van der Waals surface area contributed by atoms with Crippen molar-refractivity contribution in [2.45, 2.75) is 33.6 Å². The van der Waals surface area contributed by atoms with Crippen LogP contribution in [0, 0.1) is 0 Å². The second kappa shape index (κ2) is 6.00. The third kappa shape index (κ3) is 2.89. The van der Waals surface area contributed by atoms with E-state index in [1.165, 1.54) is 10.4 Å². The molecule has 0 spiro atoms. The van der Waals surface area contributed by atoms with Gasteiger partial charge in [0.1, 0.15) is 0 Å². The van der Waals surface area contributed by atoms with Gasteiger partial charge in [-0.25, -0.2) is 4.98 Å². The molecule has 16 heavy (non-hydrogen) atoms. The molecule has 2 aromatic heterocycles. The van der Waals surface area contributed by atoms with E-state index in [1.54, 1.807) is 18.6 Å². The van der Waals surface area contributed by atoms with Crippen molar-refractivity contribution in [1.29, 1.82) is 0 Å². The van der Waals surface area contributed by atoms with E-state index in [4.69, 9.17) is 0 Å². The molecular weight excluding hydrogens is 200 g/mol. The van der Waals surface area contributed by atoms with Crippen molar-refractivity contribution < 1.29 is 0 Å². The van der Waals surface area contributed by atoms with Crippen LogP contribution in [0.15, 0.2) is 30.7 Å². The van der Waals surface area contributed by atoms with Crippen LogP contribution in [0.25, 0.3) is 5.82 Å². The van der Waals surface area contributed by atoms with Gasteiger partial charge in [-0.15, -0.1) is 4.80 Å². The normalized spacial score (nSPS) is 9.81. The van der Waals surface area contributed by atoms with E-state index in [0.29, 0.717) is 5.92 Å². The van der Waals surface area contributed by atoms with Gasteiger partial charge in [0, 0.05) is 6.20 Å². The predicted molar refractivity (Wildman–Crippen MR) is 64.6 cm³/mol. The average Bonchev–Trinajstić information content (AvgIpc) is 2.85. The van der Waals surface area contributed by atoms with Crippen molar-refractivity contribution in [2.24, 2.45) is 0 Å². The summed E-state index contributed by atoms with van der Waals surface area (Å²) in [7, 11) is 0. The maximum absolute atomic E-state index is 4.20. The summed E-state index contributed by atoms with van der Waals surface area (Å²) in [5.74, 6) is 1.26. The number of nitrogens with zero attached hydrogens (tertiary/aromatic N) is 4. The van der Waals surface area contributed by atoms with Gasteiger partial charge in [0.2, 0.25) is 0 Å². The number of rotatable bonds is 2. The Labute approximate surface area is 96.3 Å². The Balaban J connectivity index is 0.000000606. The van der Waals surface area contributed by atoms with E-state index >= 15 is 0 Å². The first kappa shape index (κ1) is 12.4. The lowest BCUT2D eigenvalue weighted by Gasteiger charge is -2.05. The fraction of sp³-hybridized carbons (Fsp3) is 0.417. The van der Waals surface area contributed by atoms with Gasteiger partial charge in [-0.1, -0.05) is 27.7 Å². The Bertz CT molecular complexity index is 407. The summed E-state index contributed by atoms with van der Waals surface area (Å²) in [6, 6.07) is 4.02. The Morgan fingerprint density at radius 1 is 1.06 bits per heavy atom. The van der Waals surface area contributed by atoms with Crippen molar-refractivity contribution in [2.75, 3.05) is 0 Å². The molecule has 0 aliphatic heterocycles. The third-order valence-corrected chi connectivity index (χ3v) is 2.06. The summed E-state index contributed by atoms with van der Waals surface area (Å²) in [5.41, 5.74) is 1.24. The van der Waals surface area contributed by atoms with Crippen molar-refractivity contribution >= 4 is 0 Å². The second-order valence-corrected chi connectivity index (χ2v) is 3.42. The van der Waals surface area contributed by atoms with Crippen LogP contribution in [0.1, 0.15) is 39.2 Å². The Kier molecular flexibility index (Phi) is 4.64. The highest BCUT2D eigenvalue weighted by molar-refractivity contribution is 5.27. The highest BCUT2D eigenvalue weighted by atomic mass is 15.5. The first-order chi connectivity index (χ1) is 7.77. The van der Waals surface area contributed by atoms with Gasteiger partial charge in [0.15, 0.2) is 5.82 Å². The maximum atomic E-state index is 4.20. The van der Waals surface area contributed by atoms with Crippen LogP contribution in [0.2, 0.25) is 0 Å². The van der Waals surface area contributed by atoms with E-state index in [-0.39, 0.29) is 0 Å². The minimum Gasteiger partial charge on any atom is -0.236 e. The average molecular weight is 218 g/mol. The summed E-state index contributed by atoms with van der Waals surface area (Å²) >= 11 is 0. The molecule has 4 nitrogen and oxygen atoms in total. The van der Waals surface area contributed by atoms with Gasteiger partial charge in [0.25, 0.3) is 0 Å². The van der Waals surface area contributed by atoms with Crippen LogP contribution in [-0.2, 0) is 0 Å². The molecule has 2 heterocycles. The highest BCUT2D eigenvalue weighted by Gasteiger charge is 2.03. The van der Waals surface area contributed by atoms with Crippen LogP contribution < -0.4 is 0 Å². The van der Waals surface area contributed by atoms with Crippen molar-refractivity contribution in [3.63, 3.8) is 0 Å². The molecule has 0 aliphatic rings. The molecule has 0 radical (unpaired) electrons. The van der Waals surface area contributed by atoms with Gasteiger partial charge >= 0.3 is 0 Å². The molecular formula is C12H18N4. The van der Waals surface area contributed by atoms with Crippen LogP contribution in [0.4, 0.5) is 0 Å². The standard InChI is InChI=1S/C10H12N4.C2H6/c1-8(2)9-3-4-11-10(7-9)14-12-5-6-13-14;1-2/h3-8H,1-2H3;1-2H3. The van der Waals surface area contributed by atoms with Gasteiger partial charge < -0.3 is 0 Å². The van der Waals surface area contributed by atoms with Crippen LogP contribution in [-0.4, -0.2) is 20.0 Å². The quantitative estimate of drug-likeness (QED) is 0.778. The molecule has 2 aromatic rings. The molecule has 0 unspecified atom stereocenters. The molecule has 0 saturated carbocycles. The van der Waals surface area contributed by atoms with Crippen LogP contribution >= 0.6 is 0 Å². The molecule has 0 saturated heterocycles. The second-order valence-electron chi connectivity index (χ2n) is 3.42. The Hall–Kier alpha value is -1.71. The maximum Gasteiger partial charge on any atom is 0.174 e. The van der Waals surface area contributed by atoms with Crippen molar-refractivity contribution in [3.8, 4) is 5.82 Å². The first-order valence-electron chi connectivity index (χ1n) is 5.60. The summed E-state index contributed by atoms with van der Waals surface area (Å²) in [6.45, 7) is 8.30. The number of hydrogen-bond acceptors (Lipinski definition) is 3. The van der Waals surface area contributed by atoms with Gasteiger partial charge in [-0.05, 0) is 23.6 Å². The van der Waals surface area contributed by atoms with Crippen molar-refractivity contribution in [1.82, 2.24) is 20.0 Å². The van der Waals surface area contributed by atoms with Crippen molar-refractivity contribution in [3.05, 3.63) is 36.3 Å². The lowest BCUT2D eigenvalue weighted by atomic mass is 10.1. The summed E-state index contributed by atoms with van der Waals surface area (Å²) in [5, 5.41) is 8.06. The fourth-order valence-electron chi connectivity index (χ4n) is 1.24. The fourth-order valence-corrected chi connectivity index (χ4v) is 1.24. The molecule has 0 aromatic carbocycles. The van der Waals surface area contributed by atoms with Gasteiger partial charge in [0.05, 0.1) is 12.4 Å². The molecule has 4 heteroatoms. The van der Waals surface area contributed by atoms with Crippen LogP contribution in [0.3, 0.4) is 0 Å².